The molecule has 0 fully saturated rings. The number of amides is 2. The van der Waals surface area contributed by atoms with Crippen molar-refractivity contribution in [3.8, 4) is 0 Å². The summed E-state index contributed by atoms with van der Waals surface area (Å²) in [6.45, 7) is 4.23. The predicted octanol–water partition coefficient (Wildman–Crippen LogP) is 4.09. The number of benzene rings is 1. The maximum atomic E-state index is 12.0. The van der Waals surface area contributed by atoms with Crippen LogP contribution >= 0.6 is 0 Å². The second-order valence-corrected chi connectivity index (χ2v) is 5.70. The Bertz CT molecular complexity index is 827. The van der Waals surface area contributed by atoms with Crippen LogP contribution in [0.2, 0.25) is 0 Å². The van der Waals surface area contributed by atoms with Crippen LogP contribution in [0.25, 0.3) is 0 Å². The zero-order chi connectivity index (χ0) is 17.6. The van der Waals surface area contributed by atoms with Crippen LogP contribution in [0.4, 0.5) is 16.3 Å². The minimum atomic E-state index is -0.317. The third-order valence-electron chi connectivity index (χ3n) is 4.04. The van der Waals surface area contributed by atoms with Gasteiger partial charge in [0.05, 0.1) is 6.04 Å². The number of carbonyl (C=O) groups excluding carboxylic acids is 1. The number of pyridine rings is 1. The number of rotatable bonds is 5. The molecule has 0 spiro atoms. The van der Waals surface area contributed by atoms with E-state index in [2.05, 4.69) is 39.0 Å². The van der Waals surface area contributed by atoms with Crippen molar-refractivity contribution < 1.29 is 4.79 Å². The average molecular weight is 335 g/mol. The van der Waals surface area contributed by atoms with Crippen LogP contribution in [0, 0.1) is 0 Å². The van der Waals surface area contributed by atoms with Crippen molar-refractivity contribution >= 4 is 17.5 Å². The number of carbonyl (C=O) groups is 1. The Labute approximate surface area is 146 Å². The number of hydrogen-bond donors (Lipinski definition) is 2. The van der Waals surface area contributed by atoms with E-state index >= 15 is 0 Å². The molecule has 1 aromatic carbocycles. The van der Waals surface area contributed by atoms with Crippen LogP contribution in [-0.4, -0.2) is 20.6 Å². The highest BCUT2D eigenvalue weighted by Crippen LogP contribution is 2.21. The number of aromatic nitrogens is 3. The van der Waals surface area contributed by atoms with Gasteiger partial charge in [0.25, 0.3) is 0 Å². The lowest BCUT2D eigenvalue weighted by molar-refractivity contribution is 0.262. The molecule has 128 valence electrons. The molecule has 0 radical (unpaired) electrons. The molecular weight excluding hydrogens is 314 g/mol. The smallest absolute Gasteiger partial charge is 0.324 e. The zero-order valence-corrected chi connectivity index (χ0v) is 14.3. The van der Waals surface area contributed by atoms with E-state index < -0.39 is 0 Å². The van der Waals surface area contributed by atoms with E-state index in [1.165, 1.54) is 0 Å². The van der Waals surface area contributed by atoms with E-state index in [0.717, 1.165) is 23.5 Å². The van der Waals surface area contributed by atoms with E-state index in [4.69, 9.17) is 0 Å². The molecule has 2 aromatic heterocycles. The first-order valence-electron chi connectivity index (χ1n) is 8.28. The summed E-state index contributed by atoms with van der Waals surface area (Å²) in [5, 5.41) is 5.50. The largest absolute Gasteiger partial charge is 0.328 e. The number of aryl methyl sites for hydroxylation is 1. The Balaban J connectivity index is 1.65. The monoisotopic (exact) mass is 335 g/mol. The van der Waals surface area contributed by atoms with Gasteiger partial charge in [0.2, 0.25) is 0 Å². The molecule has 0 unspecified atom stereocenters. The summed E-state index contributed by atoms with van der Waals surface area (Å²) in [6, 6.07) is 13.0. The minimum Gasteiger partial charge on any atom is -0.328 e. The van der Waals surface area contributed by atoms with Gasteiger partial charge in [-0.3, -0.25) is 5.32 Å². The number of nitrogens with zero attached hydrogens (tertiary/aromatic N) is 3. The Hall–Kier alpha value is -3.15. The predicted molar refractivity (Wildman–Crippen MR) is 98.7 cm³/mol. The molecule has 3 aromatic rings. The average Bonchev–Trinajstić information content (AvgIpc) is 3.11. The Morgan fingerprint density at radius 2 is 1.88 bits per heavy atom. The van der Waals surface area contributed by atoms with Gasteiger partial charge in [0, 0.05) is 30.7 Å². The summed E-state index contributed by atoms with van der Waals surface area (Å²) in [5.41, 5.74) is 1.88. The molecule has 25 heavy (non-hydrogen) atoms. The number of anilines is 2. The molecule has 0 bridgehead atoms. The van der Waals surface area contributed by atoms with Gasteiger partial charge in [-0.2, -0.15) is 0 Å². The first kappa shape index (κ1) is 16.7. The first-order valence-corrected chi connectivity index (χ1v) is 8.28. The minimum absolute atomic E-state index is 0.189. The molecule has 0 aliphatic carbocycles. The Kier molecular flexibility index (Phi) is 5.09. The maximum absolute atomic E-state index is 12.0. The van der Waals surface area contributed by atoms with Crippen molar-refractivity contribution in [3.63, 3.8) is 0 Å². The van der Waals surface area contributed by atoms with E-state index in [1.807, 2.05) is 42.7 Å². The van der Waals surface area contributed by atoms with Crippen molar-refractivity contribution in [1.29, 1.82) is 0 Å². The summed E-state index contributed by atoms with van der Waals surface area (Å²) >= 11 is 0. The molecule has 2 amide bonds. The van der Waals surface area contributed by atoms with Crippen LogP contribution in [0.1, 0.15) is 31.3 Å². The fourth-order valence-corrected chi connectivity index (χ4v) is 2.69. The van der Waals surface area contributed by atoms with Gasteiger partial charge >= 0.3 is 6.03 Å². The van der Waals surface area contributed by atoms with Crippen LogP contribution in [0.5, 0.6) is 0 Å². The van der Waals surface area contributed by atoms with Crippen molar-refractivity contribution in [2.75, 3.05) is 10.6 Å². The molecule has 0 aliphatic rings. The van der Waals surface area contributed by atoms with Gasteiger partial charge in [0.15, 0.2) is 0 Å². The Morgan fingerprint density at radius 1 is 1.08 bits per heavy atom. The van der Waals surface area contributed by atoms with Crippen molar-refractivity contribution in [1.82, 2.24) is 14.5 Å². The molecule has 6 heteroatoms. The fraction of sp³-hybridized carbons (Fsp3) is 0.211. The highest BCUT2D eigenvalue weighted by Gasteiger charge is 2.11. The van der Waals surface area contributed by atoms with Gasteiger partial charge in [-0.05, 0) is 36.8 Å². The fourth-order valence-electron chi connectivity index (χ4n) is 2.69. The summed E-state index contributed by atoms with van der Waals surface area (Å²) < 4.78 is 2.16. The van der Waals surface area contributed by atoms with Crippen LogP contribution in [0.15, 0.2) is 61.1 Å². The third kappa shape index (κ3) is 4.03. The second kappa shape index (κ2) is 7.61. The second-order valence-electron chi connectivity index (χ2n) is 5.70. The van der Waals surface area contributed by atoms with Gasteiger partial charge in [0.1, 0.15) is 11.6 Å². The molecule has 2 N–H and O–H groups in total. The standard InChI is InChI=1S/C19H21N5O/c1-3-18-21-12-13-24(18)14(2)15-7-9-16(10-8-15)22-19(25)23-17-6-4-5-11-20-17/h4-14H,3H2,1-2H3,(H2,20,22,23,25)/t14-/m0/s1. The summed E-state index contributed by atoms with van der Waals surface area (Å²) in [7, 11) is 0. The molecular formula is C19H21N5O. The summed E-state index contributed by atoms with van der Waals surface area (Å²) in [4.78, 5) is 20.4. The third-order valence-corrected chi connectivity index (χ3v) is 4.04. The van der Waals surface area contributed by atoms with Crippen LogP contribution < -0.4 is 10.6 Å². The lowest BCUT2D eigenvalue weighted by atomic mass is 10.1. The van der Waals surface area contributed by atoms with E-state index in [9.17, 15) is 4.79 Å². The van der Waals surface area contributed by atoms with Crippen molar-refractivity contribution in [2.24, 2.45) is 0 Å². The van der Waals surface area contributed by atoms with Crippen LogP contribution in [0.3, 0.4) is 0 Å². The normalized spacial score (nSPS) is 11.8. The van der Waals surface area contributed by atoms with Gasteiger partial charge in [-0.1, -0.05) is 25.1 Å². The molecule has 0 aliphatic heterocycles. The highest BCUT2D eigenvalue weighted by atomic mass is 16.2. The number of nitrogens with one attached hydrogen (secondary N) is 2. The molecule has 0 saturated heterocycles. The lowest BCUT2D eigenvalue weighted by Crippen LogP contribution is -2.20. The van der Waals surface area contributed by atoms with Gasteiger partial charge < -0.3 is 9.88 Å². The molecule has 6 nitrogen and oxygen atoms in total. The molecule has 1 atom stereocenters. The van der Waals surface area contributed by atoms with Gasteiger partial charge in [-0.25, -0.2) is 14.8 Å². The van der Waals surface area contributed by atoms with E-state index in [0.29, 0.717) is 5.82 Å². The summed E-state index contributed by atoms with van der Waals surface area (Å²) in [5.74, 6) is 1.57. The number of imidazole rings is 1. The Morgan fingerprint density at radius 3 is 2.56 bits per heavy atom. The van der Waals surface area contributed by atoms with Gasteiger partial charge in [-0.15, -0.1) is 0 Å². The topological polar surface area (TPSA) is 71.8 Å². The molecule has 2 heterocycles. The zero-order valence-electron chi connectivity index (χ0n) is 14.3. The highest BCUT2D eigenvalue weighted by molar-refractivity contribution is 5.99. The number of urea groups is 1. The quantitative estimate of drug-likeness (QED) is 0.737. The van der Waals surface area contributed by atoms with Crippen molar-refractivity contribution in [2.45, 2.75) is 26.3 Å². The molecule has 0 saturated carbocycles. The first-order chi connectivity index (χ1) is 12.2. The summed E-state index contributed by atoms with van der Waals surface area (Å²) in [6.07, 6.45) is 6.35. The number of hydrogen-bond acceptors (Lipinski definition) is 3. The molecule has 3 rings (SSSR count). The van der Waals surface area contributed by atoms with E-state index in [1.54, 1.807) is 18.3 Å². The van der Waals surface area contributed by atoms with Crippen LogP contribution in [-0.2, 0) is 6.42 Å². The lowest BCUT2D eigenvalue weighted by Gasteiger charge is -2.17. The maximum Gasteiger partial charge on any atom is 0.324 e. The van der Waals surface area contributed by atoms with Crippen molar-refractivity contribution in [3.05, 3.63) is 72.4 Å². The SMILES string of the molecule is CCc1nccn1[C@@H](C)c1ccc(NC(=O)Nc2ccccn2)cc1. The van der Waals surface area contributed by atoms with E-state index in [-0.39, 0.29) is 12.1 Å².